The Bertz CT molecular complexity index is 1270. The Kier molecular flexibility index (Phi) is 8.69. The van der Waals surface area contributed by atoms with Crippen LogP contribution in [0.3, 0.4) is 0 Å². The van der Waals surface area contributed by atoms with Crippen LogP contribution in [-0.4, -0.2) is 56.4 Å². The van der Waals surface area contributed by atoms with E-state index in [1.165, 1.54) is 23.1 Å². The third-order valence-corrected chi connectivity index (χ3v) is 8.36. The van der Waals surface area contributed by atoms with Gasteiger partial charge in [-0.05, 0) is 63.9 Å². The lowest BCUT2D eigenvalue weighted by Crippen LogP contribution is -2.48. The molecule has 0 saturated carbocycles. The van der Waals surface area contributed by atoms with Gasteiger partial charge in [-0.15, -0.1) is 0 Å². The molecule has 2 aromatic carbocycles. The average Bonchev–Trinajstić information content (AvgIpc) is 2.83. The molecule has 37 heavy (non-hydrogen) atoms. The Morgan fingerprint density at radius 1 is 1.08 bits per heavy atom. The third-order valence-electron chi connectivity index (χ3n) is 5.80. The summed E-state index contributed by atoms with van der Waals surface area (Å²) < 4.78 is 67.2. The summed E-state index contributed by atoms with van der Waals surface area (Å²) >= 11 is 5.93. The second kappa shape index (κ2) is 11.2. The molecule has 0 aliphatic carbocycles. The Morgan fingerprint density at radius 2 is 1.73 bits per heavy atom. The van der Waals surface area contributed by atoms with Crippen LogP contribution in [0, 0.1) is 11.6 Å². The average molecular weight is 559 g/mol. The van der Waals surface area contributed by atoms with E-state index in [2.05, 4.69) is 4.74 Å². The van der Waals surface area contributed by atoms with Gasteiger partial charge in [0.15, 0.2) is 0 Å². The van der Waals surface area contributed by atoms with E-state index in [0.29, 0.717) is 0 Å². The van der Waals surface area contributed by atoms with Gasteiger partial charge in [0.2, 0.25) is 10.0 Å². The van der Waals surface area contributed by atoms with Crippen LogP contribution in [0.4, 0.5) is 19.3 Å². The van der Waals surface area contributed by atoms with Crippen LogP contribution >= 0.6 is 11.6 Å². The summed E-state index contributed by atoms with van der Waals surface area (Å²) in [5, 5.41) is -1.19. The number of hydrogen-bond donors (Lipinski definition) is 0. The van der Waals surface area contributed by atoms with Crippen LogP contribution < -0.4 is 4.31 Å². The second-order valence-electron chi connectivity index (χ2n) is 9.61. The fourth-order valence-electron chi connectivity index (χ4n) is 3.89. The minimum Gasteiger partial charge on any atom is -0.465 e. The number of methoxy groups -OCH3 is 1. The second-order valence-corrected chi connectivity index (χ2v) is 12.2. The summed E-state index contributed by atoms with van der Waals surface area (Å²) in [6, 6.07) is 7.01. The van der Waals surface area contributed by atoms with Crippen molar-refractivity contribution < 1.29 is 36.3 Å². The molecule has 0 atom stereocenters. The SMILES string of the molecule is COC(=O)c1ccc(CN(c2ccc(F)c(Cl)c2)S(=O)(=O)C2CCN(C(=O)OC(C)(C)C)CC2)c(F)c1. The van der Waals surface area contributed by atoms with Gasteiger partial charge in [-0.1, -0.05) is 17.7 Å². The zero-order valence-corrected chi connectivity index (χ0v) is 22.5. The quantitative estimate of drug-likeness (QED) is 0.456. The summed E-state index contributed by atoms with van der Waals surface area (Å²) in [7, 11) is -2.96. The standard InChI is InChI=1S/C25H29ClF2N2O6S/c1-25(2,3)36-24(32)29-11-9-19(10-12-29)37(33,34)30(18-7-8-21(27)20(26)14-18)15-17-6-5-16(13-22(17)28)23(31)35-4/h5-8,13-14,19H,9-12,15H2,1-4H3. The Hall–Kier alpha value is -2.92. The van der Waals surface area contributed by atoms with Crippen molar-refractivity contribution in [2.45, 2.75) is 51.0 Å². The number of anilines is 1. The molecular weight excluding hydrogens is 530 g/mol. The van der Waals surface area contributed by atoms with Gasteiger partial charge in [0.1, 0.15) is 17.2 Å². The van der Waals surface area contributed by atoms with E-state index in [9.17, 15) is 26.8 Å². The maximum atomic E-state index is 14.9. The van der Waals surface area contributed by atoms with E-state index in [-0.39, 0.29) is 47.8 Å². The Morgan fingerprint density at radius 3 is 2.27 bits per heavy atom. The summed E-state index contributed by atoms with van der Waals surface area (Å²) in [6.07, 6.45) is -0.286. The maximum absolute atomic E-state index is 14.9. The highest BCUT2D eigenvalue weighted by atomic mass is 35.5. The largest absolute Gasteiger partial charge is 0.465 e. The van der Waals surface area contributed by atoms with Crippen molar-refractivity contribution in [3.63, 3.8) is 0 Å². The molecule has 1 fully saturated rings. The monoisotopic (exact) mass is 558 g/mol. The number of likely N-dealkylation sites (tertiary alicyclic amines) is 1. The first-order chi connectivity index (χ1) is 17.2. The molecule has 1 aliphatic rings. The number of esters is 1. The minimum absolute atomic E-state index is 0.0112. The van der Waals surface area contributed by atoms with Crippen molar-refractivity contribution in [1.29, 1.82) is 0 Å². The van der Waals surface area contributed by atoms with Gasteiger partial charge in [-0.3, -0.25) is 4.31 Å². The van der Waals surface area contributed by atoms with E-state index in [0.717, 1.165) is 29.6 Å². The van der Waals surface area contributed by atoms with Crippen LogP contribution in [0.2, 0.25) is 5.02 Å². The number of amides is 1. The van der Waals surface area contributed by atoms with Gasteiger partial charge in [0.05, 0.1) is 35.2 Å². The molecule has 1 heterocycles. The number of carbonyl (C=O) groups excluding carboxylic acids is 2. The van der Waals surface area contributed by atoms with Crippen molar-refractivity contribution in [2.24, 2.45) is 0 Å². The van der Waals surface area contributed by atoms with E-state index in [1.54, 1.807) is 20.8 Å². The number of nitrogens with zero attached hydrogens (tertiary/aromatic N) is 2. The number of rotatable bonds is 6. The zero-order valence-electron chi connectivity index (χ0n) is 21.0. The molecule has 0 aromatic heterocycles. The van der Waals surface area contributed by atoms with Crippen molar-refractivity contribution in [1.82, 2.24) is 4.90 Å². The van der Waals surface area contributed by atoms with E-state index < -0.39 is 51.1 Å². The Balaban J connectivity index is 1.90. The van der Waals surface area contributed by atoms with Gasteiger partial charge in [-0.25, -0.2) is 26.8 Å². The molecule has 0 radical (unpaired) electrons. The molecule has 0 bridgehead atoms. The van der Waals surface area contributed by atoms with E-state index in [1.807, 2.05) is 0 Å². The van der Waals surface area contributed by atoms with Gasteiger partial charge >= 0.3 is 12.1 Å². The number of hydrogen-bond acceptors (Lipinski definition) is 6. The van der Waals surface area contributed by atoms with Crippen LogP contribution in [0.25, 0.3) is 0 Å². The van der Waals surface area contributed by atoms with E-state index in [4.69, 9.17) is 16.3 Å². The first-order valence-electron chi connectivity index (χ1n) is 11.5. The highest BCUT2D eigenvalue weighted by molar-refractivity contribution is 7.93. The summed E-state index contributed by atoms with van der Waals surface area (Å²) in [5.41, 5.74) is -0.677. The summed E-state index contributed by atoms with van der Waals surface area (Å²) in [5.74, 6) is -2.28. The minimum atomic E-state index is -4.12. The van der Waals surface area contributed by atoms with Crippen LogP contribution in [-0.2, 0) is 26.0 Å². The van der Waals surface area contributed by atoms with Crippen molar-refractivity contribution >= 4 is 39.4 Å². The van der Waals surface area contributed by atoms with Crippen molar-refractivity contribution in [3.05, 3.63) is 64.2 Å². The molecular formula is C25H29ClF2N2O6S. The fraction of sp³-hybridized carbons (Fsp3) is 0.440. The molecule has 3 rings (SSSR count). The topological polar surface area (TPSA) is 93.2 Å². The normalized spacial score (nSPS) is 14.8. The summed E-state index contributed by atoms with van der Waals surface area (Å²) in [4.78, 5) is 25.6. The number of ether oxygens (including phenoxy) is 2. The number of sulfonamides is 1. The lowest BCUT2D eigenvalue weighted by atomic mass is 10.1. The third kappa shape index (κ3) is 6.89. The lowest BCUT2D eigenvalue weighted by Gasteiger charge is -2.36. The molecule has 2 aromatic rings. The summed E-state index contributed by atoms with van der Waals surface area (Å²) in [6.45, 7) is 5.10. The van der Waals surface area contributed by atoms with Gasteiger partial charge in [0, 0.05) is 18.7 Å². The number of carbonyl (C=O) groups is 2. The maximum Gasteiger partial charge on any atom is 0.410 e. The highest BCUT2D eigenvalue weighted by Gasteiger charge is 2.37. The molecule has 202 valence electrons. The number of piperidine rings is 1. The number of benzene rings is 2. The first kappa shape index (κ1) is 28.6. The fourth-order valence-corrected chi connectivity index (χ4v) is 5.95. The van der Waals surface area contributed by atoms with Crippen molar-refractivity contribution in [2.75, 3.05) is 24.5 Å². The molecule has 12 heteroatoms. The molecule has 0 N–H and O–H groups in total. The van der Waals surface area contributed by atoms with E-state index >= 15 is 0 Å². The van der Waals surface area contributed by atoms with Gasteiger partial charge in [0.25, 0.3) is 0 Å². The smallest absolute Gasteiger partial charge is 0.410 e. The molecule has 8 nitrogen and oxygen atoms in total. The molecule has 1 amide bonds. The predicted molar refractivity (Wildman–Crippen MR) is 135 cm³/mol. The van der Waals surface area contributed by atoms with Crippen molar-refractivity contribution in [3.8, 4) is 0 Å². The van der Waals surface area contributed by atoms with Crippen LogP contribution in [0.1, 0.15) is 49.5 Å². The zero-order chi connectivity index (χ0) is 27.5. The number of halogens is 3. The molecule has 1 saturated heterocycles. The lowest BCUT2D eigenvalue weighted by molar-refractivity contribution is 0.0217. The Labute approximate surface area is 220 Å². The van der Waals surface area contributed by atoms with Gasteiger partial charge < -0.3 is 14.4 Å². The van der Waals surface area contributed by atoms with Gasteiger partial charge in [-0.2, -0.15) is 0 Å². The molecule has 0 spiro atoms. The predicted octanol–water partition coefficient (Wildman–Crippen LogP) is 5.14. The first-order valence-corrected chi connectivity index (χ1v) is 13.4. The highest BCUT2D eigenvalue weighted by Crippen LogP contribution is 2.31. The molecule has 1 aliphatic heterocycles. The van der Waals surface area contributed by atoms with Crippen LogP contribution in [0.15, 0.2) is 36.4 Å². The molecule has 0 unspecified atom stereocenters. The van der Waals surface area contributed by atoms with Crippen LogP contribution in [0.5, 0.6) is 0 Å².